The number of nitrogens with zero attached hydrogens (tertiary/aromatic N) is 2. The van der Waals surface area contributed by atoms with Crippen molar-refractivity contribution in [2.45, 2.75) is 41.5 Å². The van der Waals surface area contributed by atoms with Crippen molar-refractivity contribution in [2.24, 2.45) is 21.1 Å². The van der Waals surface area contributed by atoms with Gasteiger partial charge in [-0.2, -0.15) is 5.11 Å². The number of Topliss-reactive ketones (excluding diaryl/α,β-unsaturated/α-hetero) is 1. The molecule has 0 N–H and O–H groups in total. The zero-order valence-electron chi connectivity index (χ0n) is 17.7. The van der Waals surface area contributed by atoms with Gasteiger partial charge in [-0.25, -0.2) is 0 Å². The second-order valence-electron chi connectivity index (χ2n) is 8.82. The van der Waals surface area contributed by atoms with E-state index in [1.807, 2.05) is 53.7 Å². The summed E-state index contributed by atoms with van der Waals surface area (Å²) in [5.74, 6) is 0.289. The maximum absolute atomic E-state index is 12.9. The molecule has 0 saturated carbocycles. The number of carbonyl (C=O) groups is 2. The van der Waals surface area contributed by atoms with Gasteiger partial charge < -0.3 is 4.74 Å². The molecule has 0 heterocycles. The molecule has 148 valence electrons. The van der Waals surface area contributed by atoms with Crippen LogP contribution in [0.15, 0.2) is 69.6 Å². The summed E-state index contributed by atoms with van der Waals surface area (Å²) in [6.45, 7) is 12.1. The molecular formula is C23H28N2O3. The van der Waals surface area contributed by atoms with Gasteiger partial charge in [0.05, 0.1) is 13.3 Å². The summed E-state index contributed by atoms with van der Waals surface area (Å²) in [4.78, 5) is 25.1. The summed E-state index contributed by atoms with van der Waals surface area (Å²) in [5, 5.41) is 7.72. The van der Waals surface area contributed by atoms with Crippen LogP contribution in [0.1, 0.15) is 51.9 Å². The molecule has 1 aliphatic rings. The lowest BCUT2D eigenvalue weighted by Crippen LogP contribution is -2.27. The number of ether oxygens (including phenoxy) is 1. The Kier molecular flexibility index (Phi) is 6.17. The minimum Gasteiger partial charge on any atom is -0.497 e. The molecule has 2 rings (SSSR count). The van der Waals surface area contributed by atoms with E-state index >= 15 is 0 Å². The van der Waals surface area contributed by atoms with Gasteiger partial charge in [0.2, 0.25) is 0 Å². The quantitative estimate of drug-likeness (QED) is 0.632. The number of hydrogen-bond acceptors (Lipinski definition) is 4. The van der Waals surface area contributed by atoms with Crippen LogP contribution in [0.3, 0.4) is 0 Å². The van der Waals surface area contributed by atoms with E-state index in [4.69, 9.17) is 4.74 Å². The second kappa shape index (κ2) is 8.05. The monoisotopic (exact) mass is 380 g/mol. The first-order valence-corrected chi connectivity index (χ1v) is 9.22. The highest BCUT2D eigenvalue weighted by Gasteiger charge is 2.33. The number of rotatable bonds is 3. The second-order valence-corrected chi connectivity index (χ2v) is 8.82. The standard InChI is InChI=1S/C23H28N2O3/c1-22(2,3)18-12-15(13-19(20(18)26)23(4,5)6)14-24-25-21(27)16-8-10-17(28-7)11-9-16/h8-14H,1-7H3. The molecule has 0 aliphatic heterocycles. The molecule has 0 bridgehead atoms. The van der Waals surface area contributed by atoms with E-state index in [0.29, 0.717) is 11.3 Å². The van der Waals surface area contributed by atoms with Gasteiger partial charge in [0.15, 0.2) is 5.78 Å². The molecule has 0 unspecified atom stereocenters. The highest BCUT2D eigenvalue weighted by molar-refractivity contribution is 6.11. The van der Waals surface area contributed by atoms with Gasteiger partial charge in [0.1, 0.15) is 5.75 Å². The van der Waals surface area contributed by atoms with Gasteiger partial charge in [-0.3, -0.25) is 9.59 Å². The third-order valence-corrected chi connectivity index (χ3v) is 4.42. The summed E-state index contributed by atoms with van der Waals surface area (Å²) >= 11 is 0. The first-order chi connectivity index (χ1) is 12.9. The molecule has 1 aromatic carbocycles. The fourth-order valence-electron chi connectivity index (χ4n) is 2.78. The van der Waals surface area contributed by atoms with Crippen LogP contribution < -0.4 is 4.74 Å². The van der Waals surface area contributed by atoms with Gasteiger partial charge in [0.25, 0.3) is 5.91 Å². The SMILES string of the molecule is COc1ccc(C(=O)N=NC=C2C=C(C(C)(C)C)C(=O)C(C(C)(C)C)=C2)cc1. The van der Waals surface area contributed by atoms with E-state index in [9.17, 15) is 9.59 Å². The normalized spacial score (nSPS) is 15.4. The number of benzene rings is 1. The number of hydrogen-bond donors (Lipinski definition) is 0. The van der Waals surface area contributed by atoms with Gasteiger partial charge >= 0.3 is 0 Å². The zero-order valence-corrected chi connectivity index (χ0v) is 17.7. The van der Waals surface area contributed by atoms with Gasteiger partial charge in [-0.15, -0.1) is 5.11 Å². The summed E-state index contributed by atoms with van der Waals surface area (Å²) < 4.78 is 5.08. The number of methoxy groups -OCH3 is 1. The van der Waals surface area contributed by atoms with Crippen LogP contribution in [0.25, 0.3) is 0 Å². The largest absolute Gasteiger partial charge is 0.497 e. The van der Waals surface area contributed by atoms with Crippen molar-refractivity contribution in [3.8, 4) is 5.75 Å². The maximum Gasteiger partial charge on any atom is 0.295 e. The van der Waals surface area contributed by atoms with Crippen molar-refractivity contribution in [1.29, 1.82) is 0 Å². The highest BCUT2D eigenvalue weighted by atomic mass is 16.5. The van der Waals surface area contributed by atoms with E-state index in [-0.39, 0.29) is 16.6 Å². The van der Waals surface area contributed by atoms with Crippen molar-refractivity contribution >= 4 is 11.7 Å². The minimum absolute atomic E-state index is 0.0587. The van der Waals surface area contributed by atoms with Crippen molar-refractivity contribution in [3.05, 3.63) is 64.9 Å². The van der Waals surface area contributed by atoms with Crippen molar-refractivity contribution in [1.82, 2.24) is 0 Å². The molecule has 1 aliphatic carbocycles. The van der Waals surface area contributed by atoms with Crippen LogP contribution in [0.5, 0.6) is 5.75 Å². The first kappa shape index (κ1) is 21.5. The van der Waals surface area contributed by atoms with Crippen LogP contribution in [0, 0.1) is 10.8 Å². The van der Waals surface area contributed by atoms with Gasteiger partial charge in [-0.05, 0) is 52.8 Å². The third-order valence-electron chi connectivity index (χ3n) is 4.42. The highest BCUT2D eigenvalue weighted by Crippen LogP contribution is 2.38. The lowest BCUT2D eigenvalue weighted by atomic mass is 9.72. The Bertz CT molecular complexity index is 851. The predicted molar refractivity (Wildman–Crippen MR) is 110 cm³/mol. The van der Waals surface area contributed by atoms with E-state index in [2.05, 4.69) is 10.2 Å². The lowest BCUT2D eigenvalue weighted by Gasteiger charge is -2.31. The molecule has 0 aromatic heterocycles. The number of allylic oxidation sites excluding steroid dienone is 5. The topological polar surface area (TPSA) is 68.1 Å². The number of ketones is 1. The third kappa shape index (κ3) is 5.12. The maximum atomic E-state index is 12.9. The van der Waals surface area contributed by atoms with Crippen molar-refractivity contribution < 1.29 is 14.3 Å². The Hall–Kier alpha value is -2.82. The summed E-state index contributed by atoms with van der Waals surface area (Å²) in [6, 6.07) is 6.68. The van der Waals surface area contributed by atoms with Gasteiger partial charge in [0, 0.05) is 16.7 Å². The van der Waals surface area contributed by atoms with E-state index in [0.717, 1.165) is 16.7 Å². The number of carbonyl (C=O) groups excluding carboxylic acids is 2. The first-order valence-electron chi connectivity index (χ1n) is 9.22. The Morgan fingerprint density at radius 3 is 1.86 bits per heavy atom. The number of azo groups is 1. The Morgan fingerprint density at radius 1 is 0.929 bits per heavy atom. The van der Waals surface area contributed by atoms with E-state index < -0.39 is 5.91 Å². The number of amides is 1. The molecule has 0 spiro atoms. The fourth-order valence-corrected chi connectivity index (χ4v) is 2.78. The van der Waals surface area contributed by atoms with Crippen LogP contribution in [0.4, 0.5) is 0 Å². The lowest BCUT2D eigenvalue weighted by molar-refractivity contribution is -0.114. The fraction of sp³-hybridized carbons (Fsp3) is 0.391. The van der Waals surface area contributed by atoms with Crippen LogP contribution in [0.2, 0.25) is 0 Å². The van der Waals surface area contributed by atoms with Crippen LogP contribution in [-0.4, -0.2) is 18.8 Å². The zero-order chi connectivity index (χ0) is 21.1. The average molecular weight is 380 g/mol. The molecule has 5 heteroatoms. The van der Waals surface area contributed by atoms with E-state index in [1.54, 1.807) is 31.4 Å². The van der Waals surface area contributed by atoms with E-state index in [1.165, 1.54) is 6.20 Å². The molecule has 5 nitrogen and oxygen atoms in total. The summed E-state index contributed by atoms with van der Waals surface area (Å²) in [6.07, 6.45) is 5.17. The molecule has 0 radical (unpaired) electrons. The van der Waals surface area contributed by atoms with Crippen LogP contribution >= 0.6 is 0 Å². The summed E-state index contributed by atoms with van der Waals surface area (Å²) in [7, 11) is 1.57. The molecule has 0 saturated heterocycles. The van der Waals surface area contributed by atoms with Crippen molar-refractivity contribution in [3.63, 3.8) is 0 Å². The smallest absolute Gasteiger partial charge is 0.295 e. The Balaban J connectivity index is 2.32. The Labute approximate surface area is 166 Å². The average Bonchev–Trinajstić information content (AvgIpc) is 2.60. The molecule has 0 atom stereocenters. The molecule has 28 heavy (non-hydrogen) atoms. The summed E-state index contributed by atoms with van der Waals surface area (Å²) in [5.41, 5.74) is 2.04. The molecule has 0 fully saturated rings. The predicted octanol–water partition coefficient (Wildman–Crippen LogP) is 5.70. The van der Waals surface area contributed by atoms with Gasteiger partial charge in [-0.1, -0.05) is 41.5 Å². The minimum atomic E-state index is -0.438. The molecular weight excluding hydrogens is 352 g/mol. The van der Waals surface area contributed by atoms with Crippen LogP contribution in [-0.2, 0) is 4.79 Å². The molecule has 1 amide bonds. The Morgan fingerprint density at radius 2 is 1.43 bits per heavy atom. The van der Waals surface area contributed by atoms with Crippen molar-refractivity contribution in [2.75, 3.05) is 7.11 Å². The molecule has 1 aromatic rings.